The number of aromatic carboxylic acids is 1. The average molecular weight is 272 g/mol. The van der Waals surface area contributed by atoms with E-state index in [9.17, 15) is 4.79 Å². The SMILES string of the molecule is CCc1nc(C(OC)c2ccccc2)ncc1C(=O)O. The highest BCUT2D eigenvalue weighted by Crippen LogP contribution is 2.23. The molecular weight excluding hydrogens is 256 g/mol. The van der Waals surface area contributed by atoms with Gasteiger partial charge in [0.15, 0.2) is 5.82 Å². The molecule has 0 saturated carbocycles. The first-order chi connectivity index (χ1) is 9.67. The molecule has 1 aromatic carbocycles. The maximum Gasteiger partial charge on any atom is 0.339 e. The Morgan fingerprint density at radius 1 is 1.35 bits per heavy atom. The van der Waals surface area contributed by atoms with Gasteiger partial charge >= 0.3 is 5.97 Å². The van der Waals surface area contributed by atoms with Crippen LogP contribution in [-0.4, -0.2) is 28.2 Å². The number of hydrogen-bond acceptors (Lipinski definition) is 4. The lowest BCUT2D eigenvalue weighted by Gasteiger charge is -2.15. The second-order valence-corrected chi connectivity index (χ2v) is 4.27. The zero-order valence-electron chi connectivity index (χ0n) is 11.4. The second kappa shape index (κ2) is 6.25. The Balaban J connectivity index is 2.43. The van der Waals surface area contributed by atoms with E-state index in [-0.39, 0.29) is 5.56 Å². The molecule has 0 fully saturated rings. The monoisotopic (exact) mass is 272 g/mol. The lowest BCUT2D eigenvalue weighted by atomic mass is 10.1. The Morgan fingerprint density at radius 3 is 2.60 bits per heavy atom. The summed E-state index contributed by atoms with van der Waals surface area (Å²) in [6.45, 7) is 1.86. The van der Waals surface area contributed by atoms with Crippen LogP contribution in [-0.2, 0) is 11.2 Å². The fourth-order valence-electron chi connectivity index (χ4n) is 2.03. The number of benzene rings is 1. The summed E-state index contributed by atoms with van der Waals surface area (Å²) < 4.78 is 5.45. The van der Waals surface area contributed by atoms with Crippen LogP contribution in [0.15, 0.2) is 36.5 Å². The third-order valence-corrected chi connectivity index (χ3v) is 3.02. The molecule has 0 spiro atoms. The molecule has 0 saturated heterocycles. The molecule has 1 atom stereocenters. The largest absolute Gasteiger partial charge is 0.478 e. The molecule has 2 rings (SSSR count). The molecule has 1 aromatic heterocycles. The van der Waals surface area contributed by atoms with Gasteiger partial charge in [-0.05, 0) is 12.0 Å². The van der Waals surface area contributed by atoms with Crippen LogP contribution in [0.1, 0.15) is 40.5 Å². The zero-order valence-corrected chi connectivity index (χ0v) is 11.4. The molecule has 1 heterocycles. The van der Waals surface area contributed by atoms with Gasteiger partial charge in [0.2, 0.25) is 0 Å². The maximum atomic E-state index is 11.1. The predicted octanol–water partition coefficient (Wildman–Crippen LogP) is 2.47. The van der Waals surface area contributed by atoms with E-state index in [1.54, 1.807) is 7.11 Å². The number of carboxylic acids is 1. The molecule has 5 nitrogen and oxygen atoms in total. The minimum Gasteiger partial charge on any atom is -0.478 e. The van der Waals surface area contributed by atoms with Gasteiger partial charge in [0.05, 0.1) is 11.3 Å². The number of rotatable bonds is 5. The van der Waals surface area contributed by atoms with Gasteiger partial charge in [-0.3, -0.25) is 0 Å². The Bertz CT molecular complexity index is 599. The van der Waals surface area contributed by atoms with E-state index in [1.165, 1.54) is 6.20 Å². The quantitative estimate of drug-likeness (QED) is 0.905. The molecular formula is C15H16N2O3. The number of carbonyl (C=O) groups is 1. The van der Waals surface area contributed by atoms with Crippen molar-refractivity contribution in [3.05, 3.63) is 59.2 Å². The van der Waals surface area contributed by atoms with Crippen molar-refractivity contribution < 1.29 is 14.6 Å². The van der Waals surface area contributed by atoms with Crippen molar-refractivity contribution in [2.45, 2.75) is 19.4 Å². The Morgan fingerprint density at radius 2 is 2.05 bits per heavy atom. The lowest BCUT2D eigenvalue weighted by Crippen LogP contribution is -2.13. The van der Waals surface area contributed by atoms with Crippen molar-refractivity contribution in [2.24, 2.45) is 0 Å². The highest BCUT2D eigenvalue weighted by Gasteiger charge is 2.19. The van der Waals surface area contributed by atoms with Crippen LogP contribution in [0.5, 0.6) is 0 Å². The highest BCUT2D eigenvalue weighted by atomic mass is 16.5. The number of aromatic nitrogens is 2. The molecule has 1 unspecified atom stereocenters. The first-order valence-electron chi connectivity index (χ1n) is 6.34. The van der Waals surface area contributed by atoms with E-state index < -0.39 is 12.1 Å². The number of ether oxygens (including phenoxy) is 1. The van der Waals surface area contributed by atoms with E-state index in [0.29, 0.717) is 17.9 Å². The molecule has 20 heavy (non-hydrogen) atoms. The van der Waals surface area contributed by atoms with Crippen molar-refractivity contribution >= 4 is 5.97 Å². The highest BCUT2D eigenvalue weighted by molar-refractivity contribution is 5.88. The van der Waals surface area contributed by atoms with E-state index in [1.807, 2.05) is 37.3 Å². The summed E-state index contributed by atoms with van der Waals surface area (Å²) in [5.74, 6) is -0.539. The number of aryl methyl sites for hydroxylation is 1. The van der Waals surface area contributed by atoms with Crippen LogP contribution >= 0.6 is 0 Å². The van der Waals surface area contributed by atoms with E-state index in [0.717, 1.165) is 5.56 Å². The number of carboxylic acid groups (broad SMARTS) is 1. The standard InChI is InChI=1S/C15H16N2O3/c1-3-12-11(15(18)19)9-16-14(17-12)13(20-2)10-7-5-4-6-8-10/h4-9,13H,3H2,1-2H3,(H,18,19). The Kier molecular flexibility index (Phi) is 4.42. The smallest absolute Gasteiger partial charge is 0.339 e. The first-order valence-corrected chi connectivity index (χ1v) is 6.34. The van der Waals surface area contributed by atoms with Crippen molar-refractivity contribution in [3.63, 3.8) is 0 Å². The van der Waals surface area contributed by atoms with Gasteiger partial charge in [0.1, 0.15) is 6.10 Å². The molecule has 0 bridgehead atoms. The Labute approximate surface area is 117 Å². The van der Waals surface area contributed by atoms with Crippen LogP contribution in [0.4, 0.5) is 0 Å². The molecule has 1 N–H and O–H groups in total. The molecule has 0 aliphatic carbocycles. The third kappa shape index (κ3) is 2.83. The molecule has 0 aliphatic rings. The molecule has 2 aromatic rings. The summed E-state index contributed by atoms with van der Waals surface area (Å²) in [5, 5.41) is 9.09. The molecule has 0 amide bonds. The van der Waals surface area contributed by atoms with Gasteiger partial charge < -0.3 is 9.84 Å². The normalized spacial score (nSPS) is 12.1. The minimum atomic E-state index is -1.01. The van der Waals surface area contributed by atoms with Crippen molar-refractivity contribution in [1.82, 2.24) is 9.97 Å². The van der Waals surface area contributed by atoms with Gasteiger partial charge in [-0.2, -0.15) is 0 Å². The second-order valence-electron chi connectivity index (χ2n) is 4.27. The summed E-state index contributed by atoms with van der Waals surface area (Å²) >= 11 is 0. The van der Waals surface area contributed by atoms with Gasteiger partial charge in [0, 0.05) is 13.3 Å². The van der Waals surface area contributed by atoms with Crippen molar-refractivity contribution in [1.29, 1.82) is 0 Å². The fourth-order valence-corrected chi connectivity index (χ4v) is 2.03. The minimum absolute atomic E-state index is 0.138. The maximum absolute atomic E-state index is 11.1. The molecule has 5 heteroatoms. The van der Waals surface area contributed by atoms with Crippen LogP contribution in [0.25, 0.3) is 0 Å². The average Bonchev–Trinajstić information content (AvgIpc) is 2.48. The molecule has 104 valence electrons. The number of nitrogens with zero attached hydrogens (tertiary/aromatic N) is 2. The van der Waals surface area contributed by atoms with Gasteiger partial charge in [-0.25, -0.2) is 14.8 Å². The van der Waals surface area contributed by atoms with Crippen molar-refractivity contribution in [3.8, 4) is 0 Å². The van der Waals surface area contributed by atoms with Crippen molar-refractivity contribution in [2.75, 3.05) is 7.11 Å². The fraction of sp³-hybridized carbons (Fsp3) is 0.267. The summed E-state index contributed by atoms with van der Waals surface area (Å²) in [6.07, 6.45) is 1.48. The summed E-state index contributed by atoms with van der Waals surface area (Å²) in [5.41, 5.74) is 1.58. The third-order valence-electron chi connectivity index (χ3n) is 3.02. The topological polar surface area (TPSA) is 72.3 Å². The van der Waals surface area contributed by atoms with Crippen LogP contribution in [0, 0.1) is 0 Å². The molecule has 0 aliphatic heterocycles. The summed E-state index contributed by atoms with van der Waals surface area (Å²) in [4.78, 5) is 19.6. The molecule has 0 radical (unpaired) electrons. The van der Waals surface area contributed by atoms with E-state index >= 15 is 0 Å². The van der Waals surface area contributed by atoms with E-state index in [2.05, 4.69) is 9.97 Å². The van der Waals surface area contributed by atoms with E-state index in [4.69, 9.17) is 9.84 Å². The van der Waals surface area contributed by atoms with Crippen LogP contribution in [0.3, 0.4) is 0 Å². The zero-order chi connectivity index (χ0) is 14.5. The van der Waals surface area contributed by atoms with Gasteiger partial charge in [-0.15, -0.1) is 0 Å². The van der Waals surface area contributed by atoms with Crippen LogP contribution in [0.2, 0.25) is 0 Å². The van der Waals surface area contributed by atoms with Crippen LogP contribution < -0.4 is 0 Å². The summed E-state index contributed by atoms with van der Waals surface area (Å²) in [7, 11) is 1.58. The Hall–Kier alpha value is -2.27. The lowest BCUT2D eigenvalue weighted by molar-refractivity contribution is 0.0694. The number of hydrogen-bond donors (Lipinski definition) is 1. The number of methoxy groups -OCH3 is 1. The van der Waals surface area contributed by atoms with Gasteiger partial charge in [0.25, 0.3) is 0 Å². The summed E-state index contributed by atoms with van der Waals surface area (Å²) in [6, 6.07) is 9.59. The van der Waals surface area contributed by atoms with Gasteiger partial charge in [-0.1, -0.05) is 37.3 Å². The first kappa shape index (κ1) is 14.1. The predicted molar refractivity (Wildman–Crippen MR) is 73.7 cm³/mol.